The smallest absolute Gasteiger partial charge is 0.238 e. The van der Waals surface area contributed by atoms with Gasteiger partial charge in [0.15, 0.2) is 34.3 Å². The summed E-state index contributed by atoms with van der Waals surface area (Å²) in [7, 11) is 3.14. The van der Waals surface area contributed by atoms with E-state index in [0.717, 1.165) is 23.3 Å². The Hall–Kier alpha value is -4.57. The molecule has 1 aromatic heterocycles. The van der Waals surface area contributed by atoms with Gasteiger partial charge in [0.05, 0.1) is 19.8 Å². The van der Waals surface area contributed by atoms with Gasteiger partial charge in [-0.15, -0.1) is 0 Å². The van der Waals surface area contributed by atoms with E-state index in [-0.39, 0.29) is 45.9 Å². The maximum absolute atomic E-state index is 13.0. The van der Waals surface area contributed by atoms with E-state index in [4.69, 9.17) is 13.9 Å². The van der Waals surface area contributed by atoms with Crippen LogP contribution in [-0.2, 0) is 19.5 Å². The maximum atomic E-state index is 13.0. The van der Waals surface area contributed by atoms with Crippen LogP contribution >= 0.6 is 0 Å². The summed E-state index contributed by atoms with van der Waals surface area (Å²) in [6, 6.07) is 8.56. The number of ether oxygens (including phenoxy) is 2. The van der Waals surface area contributed by atoms with Crippen LogP contribution in [0.4, 0.5) is 0 Å². The molecule has 4 aromatic rings. The van der Waals surface area contributed by atoms with Crippen LogP contribution < -0.4 is 14.9 Å². The van der Waals surface area contributed by atoms with Gasteiger partial charge in [-0.05, 0) is 47.9 Å². The van der Waals surface area contributed by atoms with Crippen LogP contribution in [0.2, 0.25) is 0 Å². The number of hydrogen-bond acceptors (Lipinski definition) is 10. The second kappa shape index (κ2) is 9.14. The van der Waals surface area contributed by atoms with Gasteiger partial charge in [-0.2, -0.15) is 0 Å². The highest BCUT2D eigenvalue weighted by Gasteiger charge is 2.26. The molecule has 0 unspecified atom stereocenters. The molecule has 0 spiro atoms. The zero-order valence-electron chi connectivity index (χ0n) is 20.1. The van der Waals surface area contributed by atoms with Gasteiger partial charge in [-0.25, -0.2) is 0 Å². The van der Waals surface area contributed by atoms with E-state index in [2.05, 4.69) is 0 Å². The van der Waals surface area contributed by atoms with Crippen molar-refractivity contribution in [3.63, 3.8) is 0 Å². The number of hydrogen-bond donors (Lipinski definition) is 5. The molecule has 5 N–H and O–H groups in total. The summed E-state index contributed by atoms with van der Waals surface area (Å²) < 4.78 is 16.7. The van der Waals surface area contributed by atoms with Crippen LogP contribution in [0.3, 0.4) is 0 Å². The lowest BCUT2D eigenvalue weighted by atomic mass is 9.98. The molecule has 0 saturated carbocycles. The first-order chi connectivity index (χ1) is 17.7. The van der Waals surface area contributed by atoms with Crippen molar-refractivity contribution in [1.29, 1.82) is 0 Å². The van der Waals surface area contributed by atoms with Crippen LogP contribution in [0.5, 0.6) is 40.2 Å². The molecule has 0 atom stereocenters. The molecule has 192 valence electrons. The Labute approximate surface area is 210 Å². The number of phenols is 4. The second-order valence-electron chi connectivity index (χ2n) is 8.85. The Kier molecular flexibility index (Phi) is 5.96. The SMILES string of the molecule is COc1cc2c(cc1OC)CN(Cc1c(O)cc(O)c3c(=O)c(O)c(-c4ccc(O)c(O)c4)oc13)CC2. The number of rotatable bonds is 5. The molecule has 0 radical (unpaired) electrons. The quantitative estimate of drug-likeness (QED) is 0.253. The Balaban J connectivity index is 1.60. The predicted molar refractivity (Wildman–Crippen MR) is 134 cm³/mol. The van der Waals surface area contributed by atoms with Gasteiger partial charge in [-0.1, -0.05) is 0 Å². The molecule has 1 aliphatic heterocycles. The third-order valence-corrected chi connectivity index (χ3v) is 6.62. The van der Waals surface area contributed by atoms with E-state index in [1.807, 2.05) is 17.0 Å². The monoisotopic (exact) mass is 507 g/mol. The first-order valence-corrected chi connectivity index (χ1v) is 11.4. The van der Waals surface area contributed by atoms with Crippen molar-refractivity contribution in [2.75, 3.05) is 20.8 Å². The van der Waals surface area contributed by atoms with Gasteiger partial charge in [0, 0.05) is 31.3 Å². The average molecular weight is 507 g/mol. The molecule has 0 amide bonds. The Bertz CT molecular complexity index is 1590. The second-order valence-corrected chi connectivity index (χ2v) is 8.85. The minimum atomic E-state index is -0.900. The Morgan fingerprint density at radius 1 is 0.865 bits per heavy atom. The fourth-order valence-electron chi connectivity index (χ4n) is 4.69. The van der Waals surface area contributed by atoms with Gasteiger partial charge in [0.2, 0.25) is 11.2 Å². The van der Waals surface area contributed by atoms with Crippen LogP contribution in [0.1, 0.15) is 16.7 Å². The number of methoxy groups -OCH3 is 2. The van der Waals surface area contributed by atoms with E-state index < -0.39 is 22.7 Å². The standard InChI is InChI=1S/C27H25NO9/c1-35-21-8-13-5-6-28(11-15(13)9-22(21)36-2)12-16-18(30)10-20(32)23-24(33)25(34)26(37-27(16)23)14-3-4-17(29)19(31)7-14/h3-4,7-10,29-32,34H,5-6,11-12H2,1-2H3. The number of phenolic OH excluding ortho intramolecular Hbond substituents is 4. The summed E-state index contributed by atoms with van der Waals surface area (Å²) in [5.41, 5.74) is 1.50. The molecule has 10 heteroatoms. The largest absolute Gasteiger partial charge is 0.507 e. The van der Waals surface area contributed by atoms with Gasteiger partial charge in [0.1, 0.15) is 16.9 Å². The molecule has 2 heterocycles. The molecule has 0 aliphatic carbocycles. The molecule has 1 aliphatic rings. The first kappa shape index (κ1) is 24.1. The number of benzene rings is 3. The van der Waals surface area contributed by atoms with Gasteiger partial charge in [0.25, 0.3) is 0 Å². The summed E-state index contributed by atoms with van der Waals surface area (Å²) in [5.74, 6) is -1.50. The lowest BCUT2D eigenvalue weighted by molar-refractivity contribution is 0.241. The number of aromatic hydroxyl groups is 5. The molecular formula is C27H25NO9. The fourth-order valence-corrected chi connectivity index (χ4v) is 4.69. The van der Waals surface area contributed by atoms with E-state index >= 15 is 0 Å². The molecule has 3 aromatic carbocycles. The summed E-state index contributed by atoms with van der Waals surface area (Å²) >= 11 is 0. The molecular weight excluding hydrogens is 482 g/mol. The lowest BCUT2D eigenvalue weighted by Gasteiger charge is -2.30. The van der Waals surface area contributed by atoms with Crippen LogP contribution in [0.15, 0.2) is 45.6 Å². The van der Waals surface area contributed by atoms with Crippen molar-refractivity contribution < 1.29 is 39.4 Å². The summed E-state index contributed by atoms with van der Waals surface area (Å²) in [6.07, 6.45) is 0.704. The lowest BCUT2D eigenvalue weighted by Crippen LogP contribution is -2.30. The van der Waals surface area contributed by atoms with E-state index in [1.165, 1.54) is 12.1 Å². The highest BCUT2D eigenvalue weighted by atomic mass is 16.5. The first-order valence-electron chi connectivity index (χ1n) is 11.4. The van der Waals surface area contributed by atoms with Crippen molar-refractivity contribution in [2.45, 2.75) is 19.5 Å². The van der Waals surface area contributed by atoms with Crippen molar-refractivity contribution in [2.24, 2.45) is 0 Å². The summed E-state index contributed by atoms with van der Waals surface area (Å²) in [6.45, 7) is 1.31. The van der Waals surface area contributed by atoms with E-state index in [1.54, 1.807) is 14.2 Å². The Morgan fingerprint density at radius 3 is 2.24 bits per heavy atom. The van der Waals surface area contributed by atoms with Gasteiger partial charge in [-0.3, -0.25) is 9.69 Å². The highest BCUT2D eigenvalue weighted by Crippen LogP contribution is 2.41. The minimum absolute atomic E-state index is 0.0963. The average Bonchev–Trinajstić information content (AvgIpc) is 2.88. The number of nitrogens with zero attached hydrogens (tertiary/aromatic N) is 1. The van der Waals surface area contributed by atoms with Crippen molar-refractivity contribution in [3.8, 4) is 51.6 Å². The summed E-state index contributed by atoms with van der Waals surface area (Å²) in [4.78, 5) is 15.1. The van der Waals surface area contributed by atoms with Crippen LogP contribution in [-0.4, -0.2) is 51.2 Å². The normalized spacial score (nSPS) is 13.5. The Morgan fingerprint density at radius 2 is 1.57 bits per heavy atom. The predicted octanol–water partition coefficient (Wildman–Crippen LogP) is 3.56. The third kappa shape index (κ3) is 4.11. The molecule has 0 fully saturated rings. The molecule has 0 bridgehead atoms. The number of fused-ring (bicyclic) bond motifs is 2. The molecule has 10 nitrogen and oxygen atoms in total. The minimum Gasteiger partial charge on any atom is -0.507 e. The van der Waals surface area contributed by atoms with Crippen molar-refractivity contribution in [1.82, 2.24) is 4.90 Å². The molecule has 5 rings (SSSR count). The van der Waals surface area contributed by atoms with Gasteiger partial charge < -0.3 is 39.4 Å². The summed E-state index contributed by atoms with van der Waals surface area (Å²) in [5, 5.41) is 51.0. The zero-order valence-corrected chi connectivity index (χ0v) is 20.1. The maximum Gasteiger partial charge on any atom is 0.238 e. The van der Waals surface area contributed by atoms with Crippen LogP contribution in [0.25, 0.3) is 22.3 Å². The molecule has 37 heavy (non-hydrogen) atoms. The van der Waals surface area contributed by atoms with Crippen molar-refractivity contribution >= 4 is 11.0 Å². The van der Waals surface area contributed by atoms with E-state index in [0.29, 0.717) is 31.0 Å². The van der Waals surface area contributed by atoms with Gasteiger partial charge >= 0.3 is 0 Å². The fraction of sp³-hybridized carbons (Fsp3) is 0.222. The molecule has 0 saturated heterocycles. The van der Waals surface area contributed by atoms with Crippen molar-refractivity contribution in [3.05, 3.63) is 63.3 Å². The van der Waals surface area contributed by atoms with E-state index in [9.17, 15) is 30.3 Å². The third-order valence-electron chi connectivity index (χ3n) is 6.62. The zero-order chi connectivity index (χ0) is 26.4. The van der Waals surface area contributed by atoms with Crippen LogP contribution in [0, 0.1) is 0 Å². The highest BCUT2D eigenvalue weighted by molar-refractivity contribution is 5.91. The topological polar surface area (TPSA) is 153 Å².